The molecule has 0 spiro atoms. The molecule has 2 aromatic rings. The number of amides is 1. The van der Waals surface area contributed by atoms with Crippen molar-refractivity contribution in [2.45, 2.75) is 43.0 Å². The van der Waals surface area contributed by atoms with E-state index in [4.69, 9.17) is 0 Å². The predicted molar refractivity (Wildman–Crippen MR) is 124 cm³/mol. The maximum Gasteiger partial charge on any atom is 0.254 e. The highest BCUT2D eigenvalue weighted by molar-refractivity contribution is 8.00. The lowest BCUT2D eigenvalue weighted by Crippen LogP contribution is -2.54. The van der Waals surface area contributed by atoms with Gasteiger partial charge in [0.15, 0.2) is 9.84 Å². The van der Waals surface area contributed by atoms with Gasteiger partial charge < -0.3 is 5.32 Å². The van der Waals surface area contributed by atoms with Gasteiger partial charge in [-0.25, -0.2) is 13.4 Å². The van der Waals surface area contributed by atoms with Crippen LogP contribution in [-0.4, -0.2) is 37.4 Å². The lowest BCUT2D eigenvalue weighted by Gasteiger charge is -2.60. The number of rotatable bonds is 8. The number of benzene rings is 1. The molecule has 0 unspecified atom stereocenters. The second-order valence-electron chi connectivity index (χ2n) is 9.24. The van der Waals surface area contributed by atoms with Crippen LogP contribution in [0, 0.1) is 23.2 Å². The molecule has 1 aromatic heterocycles. The molecule has 5 nitrogen and oxygen atoms in total. The summed E-state index contributed by atoms with van der Waals surface area (Å²) in [5.74, 6) is 2.29. The van der Waals surface area contributed by atoms with Crippen molar-refractivity contribution in [3.8, 4) is 0 Å². The van der Waals surface area contributed by atoms with Gasteiger partial charge in [-0.2, -0.15) is 0 Å². The minimum Gasteiger partial charge on any atom is -0.352 e. The molecule has 0 aliphatic heterocycles. The van der Waals surface area contributed by atoms with Crippen LogP contribution < -0.4 is 5.32 Å². The zero-order chi connectivity index (χ0) is 22.1. The summed E-state index contributed by atoms with van der Waals surface area (Å²) in [4.78, 5) is 17.6. The molecule has 0 saturated heterocycles. The van der Waals surface area contributed by atoms with Gasteiger partial charge in [0.05, 0.1) is 16.2 Å². The zero-order valence-corrected chi connectivity index (χ0v) is 19.7. The first kappa shape index (κ1) is 22.3. The Kier molecular flexibility index (Phi) is 6.44. The Bertz CT molecular complexity index is 1040. The Morgan fingerprint density at radius 2 is 1.94 bits per heavy atom. The van der Waals surface area contributed by atoms with Gasteiger partial charge in [-0.15, -0.1) is 11.8 Å². The van der Waals surface area contributed by atoms with Crippen LogP contribution >= 0.6 is 11.8 Å². The minimum atomic E-state index is -3.35. The molecule has 5 rings (SSSR count). The van der Waals surface area contributed by atoms with Gasteiger partial charge in [-0.3, -0.25) is 4.79 Å². The molecule has 3 atom stereocenters. The Balaban J connectivity index is 1.34. The number of aromatic nitrogens is 1. The van der Waals surface area contributed by atoms with Crippen LogP contribution in [0.4, 0.5) is 0 Å². The molecule has 1 heterocycles. The van der Waals surface area contributed by atoms with Crippen molar-refractivity contribution in [2.24, 2.45) is 23.2 Å². The Hall–Kier alpha value is -1.86. The van der Waals surface area contributed by atoms with E-state index in [2.05, 4.69) is 24.1 Å². The average Bonchev–Trinajstić information content (AvgIpc) is 2.78. The first-order valence-electron chi connectivity index (χ1n) is 10.9. The molecular weight excluding hydrogens is 428 g/mol. The number of hydrogen-bond donors (Lipinski definition) is 1. The summed E-state index contributed by atoms with van der Waals surface area (Å²) < 4.78 is 25.0. The summed E-state index contributed by atoms with van der Waals surface area (Å²) in [6.45, 7) is 5.42. The normalized spacial score (nSPS) is 24.3. The van der Waals surface area contributed by atoms with Crippen molar-refractivity contribution in [3.63, 3.8) is 0 Å². The van der Waals surface area contributed by atoms with E-state index >= 15 is 0 Å². The van der Waals surface area contributed by atoms with Crippen LogP contribution in [-0.2, 0) is 9.84 Å². The van der Waals surface area contributed by atoms with E-state index in [0.717, 1.165) is 5.92 Å². The van der Waals surface area contributed by atoms with Crippen LogP contribution in [0.3, 0.4) is 0 Å². The summed E-state index contributed by atoms with van der Waals surface area (Å²) >= 11 is 1.32. The number of fused-ring (bicyclic) bond motifs is 2. The standard InChI is InChI=1S/C24H30N2O3S2/c1-24(2)18-11-10-17(21(24)15-18)16-26-22(27)20-9-6-12-25-23(20)30-13-14-31(28,29)19-7-4-3-5-8-19/h3-9,12,17-18,21H,10-11,13-16H2,1-2H3,(H,26,27)/t17-,18-,21-/m1/s1. The van der Waals surface area contributed by atoms with Crippen LogP contribution in [0.2, 0.25) is 0 Å². The van der Waals surface area contributed by atoms with Gasteiger partial charge in [0.1, 0.15) is 5.03 Å². The molecule has 3 aliphatic carbocycles. The monoisotopic (exact) mass is 458 g/mol. The van der Waals surface area contributed by atoms with Crippen LogP contribution in [0.15, 0.2) is 58.6 Å². The fourth-order valence-corrected chi connectivity index (χ4v) is 7.86. The van der Waals surface area contributed by atoms with E-state index in [1.807, 2.05) is 0 Å². The average molecular weight is 459 g/mol. The number of carbonyl (C=O) groups is 1. The Labute approximate surface area is 189 Å². The maximum atomic E-state index is 12.9. The fourth-order valence-electron chi connectivity index (χ4n) is 5.20. The lowest BCUT2D eigenvalue weighted by molar-refractivity contribution is -0.103. The van der Waals surface area contributed by atoms with Crippen molar-refractivity contribution >= 4 is 27.5 Å². The second kappa shape index (κ2) is 8.94. The van der Waals surface area contributed by atoms with Crippen molar-refractivity contribution in [2.75, 3.05) is 18.1 Å². The molecule has 7 heteroatoms. The summed E-state index contributed by atoms with van der Waals surface area (Å²) in [7, 11) is -3.35. The highest BCUT2D eigenvalue weighted by Crippen LogP contribution is 2.61. The van der Waals surface area contributed by atoms with Gasteiger partial charge in [0.25, 0.3) is 5.91 Å². The highest BCUT2D eigenvalue weighted by atomic mass is 32.2. The number of pyridine rings is 1. The van der Waals surface area contributed by atoms with Gasteiger partial charge in [-0.05, 0) is 66.7 Å². The quantitative estimate of drug-likeness (QED) is 0.592. The van der Waals surface area contributed by atoms with Gasteiger partial charge in [-0.1, -0.05) is 32.0 Å². The van der Waals surface area contributed by atoms with Crippen LogP contribution in [0.25, 0.3) is 0 Å². The number of carbonyl (C=O) groups excluding carboxylic acids is 1. The zero-order valence-electron chi connectivity index (χ0n) is 18.1. The van der Waals surface area contributed by atoms with Crippen molar-refractivity contribution in [1.82, 2.24) is 10.3 Å². The molecule has 31 heavy (non-hydrogen) atoms. The molecule has 1 aromatic carbocycles. The van der Waals surface area contributed by atoms with Crippen molar-refractivity contribution < 1.29 is 13.2 Å². The Morgan fingerprint density at radius 3 is 2.65 bits per heavy atom. The summed E-state index contributed by atoms with van der Waals surface area (Å²) in [5.41, 5.74) is 0.916. The third-order valence-electron chi connectivity index (χ3n) is 7.24. The third-order valence-corrected chi connectivity index (χ3v) is 10.2. The molecule has 1 amide bonds. The van der Waals surface area contributed by atoms with Crippen molar-refractivity contribution in [3.05, 3.63) is 54.2 Å². The van der Waals surface area contributed by atoms with Gasteiger partial charge >= 0.3 is 0 Å². The Morgan fingerprint density at radius 1 is 1.16 bits per heavy atom. The first-order valence-corrected chi connectivity index (χ1v) is 13.6. The molecule has 1 N–H and O–H groups in total. The lowest BCUT2D eigenvalue weighted by atomic mass is 9.45. The van der Waals surface area contributed by atoms with E-state index < -0.39 is 9.84 Å². The number of nitrogens with one attached hydrogen (secondary N) is 1. The highest BCUT2D eigenvalue weighted by Gasteiger charge is 2.53. The summed E-state index contributed by atoms with van der Waals surface area (Å²) in [6.07, 6.45) is 5.37. The van der Waals surface area contributed by atoms with E-state index in [1.165, 1.54) is 31.0 Å². The second-order valence-corrected chi connectivity index (χ2v) is 12.4. The molecule has 2 bridgehead atoms. The number of thioether (sulfide) groups is 1. The molecule has 3 aliphatic rings. The van der Waals surface area contributed by atoms with E-state index in [0.29, 0.717) is 45.0 Å². The topological polar surface area (TPSA) is 76.1 Å². The fraction of sp³-hybridized carbons (Fsp3) is 0.500. The van der Waals surface area contributed by atoms with Crippen LogP contribution in [0.1, 0.15) is 43.5 Å². The summed E-state index contributed by atoms with van der Waals surface area (Å²) in [5, 5.41) is 3.70. The predicted octanol–water partition coefficient (Wildman–Crippen LogP) is 4.45. The maximum absolute atomic E-state index is 12.9. The molecular formula is C24H30N2O3S2. The van der Waals surface area contributed by atoms with Crippen molar-refractivity contribution in [1.29, 1.82) is 0 Å². The SMILES string of the molecule is CC1(C)[C@@H]2CC[C@H](CNC(=O)c3cccnc3SCCS(=O)(=O)c3ccccc3)[C@H]1C2. The van der Waals surface area contributed by atoms with E-state index in [1.54, 1.807) is 48.7 Å². The summed E-state index contributed by atoms with van der Waals surface area (Å²) in [6, 6.07) is 12.0. The van der Waals surface area contributed by atoms with Crippen LogP contribution in [0.5, 0.6) is 0 Å². The molecule has 166 valence electrons. The number of hydrogen-bond acceptors (Lipinski definition) is 5. The molecule has 3 saturated carbocycles. The first-order chi connectivity index (χ1) is 14.8. The molecule has 3 fully saturated rings. The largest absolute Gasteiger partial charge is 0.352 e. The minimum absolute atomic E-state index is 0.000678. The van der Waals surface area contributed by atoms with Gasteiger partial charge in [0.2, 0.25) is 0 Å². The third kappa shape index (κ3) is 4.67. The number of nitrogens with zero attached hydrogens (tertiary/aromatic N) is 1. The smallest absolute Gasteiger partial charge is 0.254 e. The number of sulfone groups is 1. The van der Waals surface area contributed by atoms with E-state index in [-0.39, 0.29) is 11.7 Å². The van der Waals surface area contributed by atoms with E-state index in [9.17, 15) is 13.2 Å². The molecule has 0 radical (unpaired) electrons. The van der Waals surface area contributed by atoms with Gasteiger partial charge in [0, 0.05) is 18.5 Å².